The predicted molar refractivity (Wildman–Crippen MR) is 119 cm³/mol. The van der Waals surface area contributed by atoms with Gasteiger partial charge in [-0.25, -0.2) is 4.79 Å². The molecule has 0 atom stereocenters. The van der Waals surface area contributed by atoms with Gasteiger partial charge in [0.15, 0.2) is 18.1 Å². The van der Waals surface area contributed by atoms with Gasteiger partial charge in [-0.15, -0.1) is 0 Å². The van der Waals surface area contributed by atoms with Crippen molar-refractivity contribution in [3.8, 4) is 11.5 Å². The third-order valence-electron chi connectivity index (χ3n) is 4.55. The zero-order valence-electron chi connectivity index (χ0n) is 18.9. The summed E-state index contributed by atoms with van der Waals surface area (Å²) in [5, 5.41) is 6.96. The van der Waals surface area contributed by atoms with E-state index in [9.17, 15) is 9.59 Å². The lowest BCUT2D eigenvalue weighted by atomic mass is 10.2. The number of anilines is 1. The molecule has 31 heavy (non-hydrogen) atoms. The molecule has 2 aromatic rings. The van der Waals surface area contributed by atoms with Gasteiger partial charge >= 0.3 is 5.97 Å². The first kappa shape index (κ1) is 24.0. The van der Waals surface area contributed by atoms with Crippen LogP contribution in [0.15, 0.2) is 24.3 Å². The first-order chi connectivity index (χ1) is 14.8. The highest BCUT2D eigenvalue weighted by atomic mass is 16.5. The lowest BCUT2D eigenvalue weighted by Gasteiger charge is -2.12. The number of esters is 1. The van der Waals surface area contributed by atoms with Crippen LogP contribution in [0, 0.1) is 13.8 Å². The summed E-state index contributed by atoms with van der Waals surface area (Å²) < 4.78 is 18.1. The molecule has 0 fully saturated rings. The molecule has 0 saturated carbocycles. The van der Waals surface area contributed by atoms with E-state index < -0.39 is 11.9 Å². The van der Waals surface area contributed by atoms with E-state index in [1.54, 1.807) is 30.8 Å². The summed E-state index contributed by atoms with van der Waals surface area (Å²) in [5.74, 6) is 0.257. The molecule has 1 heterocycles. The second-order valence-electron chi connectivity index (χ2n) is 7.00. The SMILES string of the molecule is CCCCOc1ccc(/C=C/C(=O)OCC(=O)Nc2c(C)nn(C)c2C)cc1OCC. The number of carbonyl (C=O) groups excluding carboxylic acids is 2. The predicted octanol–water partition coefficient (Wildman–Crippen LogP) is 3.81. The van der Waals surface area contributed by atoms with Gasteiger partial charge in [0.1, 0.15) is 0 Å². The maximum Gasteiger partial charge on any atom is 0.331 e. The quantitative estimate of drug-likeness (QED) is 0.332. The number of nitrogens with one attached hydrogen (secondary N) is 1. The second kappa shape index (κ2) is 11.8. The smallest absolute Gasteiger partial charge is 0.331 e. The molecule has 8 heteroatoms. The van der Waals surface area contributed by atoms with Crippen LogP contribution in [-0.2, 0) is 21.4 Å². The first-order valence-electron chi connectivity index (χ1n) is 10.4. The molecule has 0 radical (unpaired) electrons. The van der Waals surface area contributed by atoms with Gasteiger partial charge in [-0.05, 0) is 51.0 Å². The van der Waals surface area contributed by atoms with Crippen molar-refractivity contribution in [3.63, 3.8) is 0 Å². The average Bonchev–Trinajstić information content (AvgIpc) is 2.98. The summed E-state index contributed by atoms with van der Waals surface area (Å²) in [6.45, 7) is 8.39. The van der Waals surface area contributed by atoms with Crippen LogP contribution in [0.3, 0.4) is 0 Å². The summed E-state index contributed by atoms with van der Waals surface area (Å²) >= 11 is 0. The van der Waals surface area contributed by atoms with Crippen LogP contribution in [0.4, 0.5) is 5.69 Å². The number of hydrogen-bond acceptors (Lipinski definition) is 6. The Kier molecular flexibility index (Phi) is 9.12. The number of hydrogen-bond donors (Lipinski definition) is 1. The molecule has 0 aliphatic rings. The maximum atomic E-state index is 12.1. The maximum absolute atomic E-state index is 12.1. The van der Waals surface area contributed by atoms with Gasteiger partial charge < -0.3 is 19.5 Å². The van der Waals surface area contributed by atoms with Crippen LogP contribution >= 0.6 is 0 Å². The van der Waals surface area contributed by atoms with Crippen LogP contribution in [-0.4, -0.2) is 41.5 Å². The Balaban J connectivity index is 1.91. The molecule has 0 unspecified atom stereocenters. The van der Waals surface area contributed by atoms with Gasteiger partial charge in [-0.2, -0.15) is 5.10 Å². The van der Waals surface area contributed by atoms with E-state index >= 15 is 0 Å². The number of unbranched alkanes of at least 4 members (excludes halogenated alkanes) is 1. The molecule has 168 valence electrons. The fourth-order valence-corrected chi connectivity index (χ4v) is 2.82. The van der Waals surface area contributed by atoms with Crippen molar-refractivity contribution in [1.82, 2.24) is 9.78 Å². The minimum absolute atomic E-state index is 0.384. The number of ether oxygens (including phenoxy) is 3. The van der Waals surface area contributed by atoms with E-state index in [-0.39, 0.29) is 6.61 Å². The van der Waals surface area contributed by atoms with Crippen molar-refractivity contribution in [1.29, 1.82) is 0 Å². The van der Waals surface area contributed by atoms with Crippen LogP contribution in [0.25, 0.3) is 6.08 Å². The van der Waals surface area contributed by atoms with Gasteiger partial charge in [0.2, 0.25) is 0 Å². The number of amides is 1. The number of benzene rings is 1. The molecule has 0 saturated heterocycles. The van der Waals surface area contributed by atoms with E-state index in [2.05, 4.69) is 17.3 Å². The van der Waals surface area contributed by atoms with Crippen molar-refractivity contribution < 1.29 is 23.8 Å². The highest BCUT2D eigenvalue weighted by Crippen LogP contribution is 2.29. The number of aromatic nitrogens is 2. The normalized spacial score (nSPS) is 10.9. The molecule has 0 aliphatic carbocycles. The monoisotopic (exact) mass is 429 g/mol. The molecule has 0 bridgehead atoms. The van der Waals surface area contributed by atoms with Crippen molar-refractivity contribution >= 4 is 23.6 Å². The third-order valence-corrected chi connectivity index (χ3v) is 4.55. The summed E-state index contributed by atoms with van der Waals surface area (Å²) in [5.41, 5.74) is 2.91. The Hall–Kier alpha value is -3.29. The molecular formula is C23H31N3O5. The Labute approximate surface area is 183 Å². The molecule has 0 spiro atoms. The standard InChI is InChI=1S/C23H31N3O5/c1-6-8-13-30-19-11-9-18(14-20(19)29-7-2)10-12-22(28)31-15-21(27)24-23-16(3)25-26(5)17(23)4/h9-12,14H,6-8,13,15H2,1-5H3,(H,24,27)/b12-10+. The summed E-state index contributed by atoms with van der Waals surface area (Å²) in [6.07, 6.45) is 4.89. The van der Waals surface area contributed by atoms with Crippen LogP contribution < -0.4 is 14.8 Å². The highest BCUT2D eigenvalue weighted by Gasteiger charge is 2.13. The Bertz CT molecular complexity index is 934. The summed E-state index contributed by atoms with van der Waals surface area (Å²) in [4.78, 5) is 24.1. The van der Waals surface area contributed by atoms with Crippen molar-refractivity contribution in [2.75, 3.05) is 25.1 Å². The average molecular weight is 430 g/mol. The lowest BCUT2D eigenvalue weighted by molar-refractivity contribution is -0.142. The molecule has 0 aliphatic heterocycles. The molecule has 1 N–H and O–H groups in total. The number of rotatable bonds is 11. The summed E-state index contributed by atoms with van der Waals surface area (Å²) in [7, 11) is 1.80. The Morgan fingerprint density at radius 2 is 1.94 bits per heavy atom. The van der Waals surface area contributed by atoms with Gasteiger partial charge in [0, 0.05) is 13.1 Å². The zero-order chi connectivity index (χ0) is 22.8. The lowest BCUT2D eigenvalue weighted by Crippen LogP contribution is -2.20. The largest absolute Gasteiger partial charge is 0.490 e. The zero-order valence-corrected chi connectivity index (χ0v) is 18.9. The van der Waals surface area contributed by atoms with Crippen molar-refractivity contribution in [3.05, 3.63) is 41.2 Å². The van der Waals surface area contributed by atoms with E-state index in [4.69, 9.17) is 14.2 Å². The van der Waals surface area contributed by atoms with Crippen LogP contribution in [0.1, 0.15) is 43.6 Å². The van der Waals surface area contributed by atoms with E-state index in [1.807, 2.05) is 26.0 Å². The third kappa shape index (κ3) is 7.16. The van der Waals surface area contributed by atoms with Gasteiger partial charge in [-0.3, -0.25) is 9.48 Å². The number of nitrogens with zero attached hydrogens (tertiary/aromatic N) is 2. The van der Waals surface area contributed by atoms with Crippen molar-refractivity contribution in [2.45, 2.75) is 40.5 Å². The molecule has 8 nitrogen and oxygen atoms in total. The highest BCUT2D eigenvalue weighted by molar-refractivity contribution is 5.95. The second-order valence-corrected chi connectivity index (χ2v) is 7.00. The summed E-state index contributed by atoms with van der Waals surface area (Å²) in [6, 6.07) is 5.45. The Morgan fingerprint density at radius 3 is 2.58 bits per heavy atom. The van der Waals surface area contributed by atoms with E-state index in [1.165, 1.54) is 6.08 Å². The number of carbonyl (C=O) groups is 2. The molecular weight excluding hydrogens is 398 g/mol. The first-order valence-corrected chi connectivity index (χ1v) is 10.4. The Morgan fingerprint density at radius 1 is 1.16 bits per heavy atom. The molecule has 1 aromatic heterocycles. The minimum Gasteiger partial charge on any atom is -0.490 e. The van der Waals surface area contributed by atoms with Gasteiger partial charge in [0.05, 0.1) is 30.3 Å². The molecule has 1 amide bonds. The van der Waals surface area contributed by atoms with Gasteiger partial charge in [0.25, 0.3) is 5.91 Å². The minimum atomic E-state index is -0.615. The van der Waals surface area contributed by atoms with E-state index in [0.29, 0.717) is 36.1 Å². The topological polar surface area (TPSA) is 91.7 Å². The van der Waals surface area contributed by atoms with Gasteiger partial charge in [-0.1, -0.05) is 19.4 Å². The molecule has 1 aromatic carbocycles. The fraction of sp³-hybridized carbons (Fsp3) is 0.435. The van der Waals surface area contributed by atoms with E-state index in [0.717, 1.165) is 24.1 Å². The number of aryl methyl sites for hydroxylation is 2. The van der Waals surface area contributed by atoms with Crippen LogP contribution in [0.2, 0.25) is 0 Å². The van der Waals surface area contributed by atoms with Crippen molar-refractivity contribution in [2.24, 2.45) is 7.05 Å². The fourth-order valence-electron chi connectivity index (χ4n) is 2.82. The molecule has 2 rings (SSSR count). The van der Waals surface area contributed by atoms with Crippen LogP contribution in [0.5, 0.6) is 11.5 Å².